The maximum atomic E-state index is 13.8. The lowest BCUT2D eigenvalue weighted by Gasteiger charge is -2.23. The molecule has 1 rings (SSSR count). The van der Waals surface area contributed by atoms with Crippen LogP contribution in [-0.2, 0) is 65.4 Å². The van der Waals surface area contributed by atoms with Crippen molar-refractivity contribution in [2.45, 2.75) is 412 Å². The molecule has 0 aromatic heterocycles. The van der Waals surface area contributed by atoms with Crippen molar-refractivity contribution in [1.82, 2.24) is 21.3 Å². The SMILES string of the molecule is CCCCCCC=CCCCC(=O)O[C@H](CCCCCCCCCCC)CC(=O)NC(COCC[C@H](O)CCCCCCC)COP(=O)(O)OCCNC(=O)c1ccc(C(=O)NCCOP(=O)(O)OCC(COCC[C@H](O)CCCCCCC)NC(=O)C[C@@H](CCCCCCCCCCC)OC(=O)CCCC=CCCCCCC)cc1. The highest BCUT2D eigenvalue weighted by atomic mass is 31.2. The van der Waals surface area contributed by atoms with Gasteiger partial charge in [-0.2, -0.15) is 0 Å². The Hall–Kier alpha value is -4.42. The first-order valence-electron chi connectivity index (χ1n) is 45.9. The Morgan fingerprint density at radius 2 is 0.638 bits per heavy atom. The maximum Gasteiger partial charge on any atom is 0.472 e. The van der Waals surface area contributed by atoms with Gasteiger partial charge in [-0.1, -0.05) is 271 Å². The van der Waals surface area contributed by atoms with Crippen molar-refractivity contribution in [2.24, 2.45) is 0 Å². The molecular formula is C90H164N4O20P2. The molecule has 8 N–H and O–H groups in total. The van der Waals surface area contributed by atoms with E-state index in [1.165, 1.54) is 127 Å². The summed E-state index contributed by atoms with van der Waals surface area (Å²) in [6.45, 7) is 10.8. The number of carbonyl (C=O) groups is 6. The predicted octanol–water partition coefficient (Wildman–Crippen LogP) is 20.5. The van der Waals surface area contributed by atoms with Gasteiger partial charge in [0.25, 0.3) is 11.8 Å². The van der Waals surface area contributed by atoms with Crippen LogP contribution in [0.25, 0.3) is 0 Å². The van der Waals surface area contributed by atoms with Gasteiger partial charge >= 0.3 is 27.6 Å². The number of phosphoric ester groups is 2. The van der Waals surface area contributed by atoms with E-state index in [2.05, 4.69) is 87.1 Å². The highest BCUT2D eigenvalue weighted by Gasteiger charge is 2.29. The van der Waals surface area contributed by atoms with Crippen LogP contribution in [0.15, 0.2) is 48.6 Å². The van der Waals surface area contributed by atoms with Crippen molar-refractivity contribution >= 4 is 51.2 Å². The van der Waals surface area contributed by atoms with Crippen LogP contribution in [0.2, 0.25) is 0 Å². The molecule has 24 nitrogen and oxygen atoms in total. The summed E-state index contributed by atoms with van der Waals surface area (Å²) in [5.74, 6) is -2.85. The zero-order valence-corrected chi connectivity index (χ0v) is 74.9. The van der Waals surface area contributed by atoms with Gasteiger partial charge in [0.1, 0.15) is 12.2 Å². The van der Waals surface area contributed by atoms with Gasteiger partial charge in [-0.25, -0.2) is 9.13 Å². The lowest BCUT2D eigenvalue weighted by Crippen LogP contribution is -2.43. The van der Waals surface area contributed by atoms with Crippen molar-refractivity contribution < 1.29 is 94.9 Å². The number of carbonyl (C=O) groups excluding carboxylic acids is 6. The van der Waals surface area contributed by atoms with Crippen molar-refractivity contribution in [3.8, 4) is 0 Å². The van der Waals surface area contributed by atoms with Crippen LogP contribution >= 0.6 is 15.6 Å². The number of phosphoric acid groups is 2. The van der Waals surface area contributed by atoms with Crippen LogP contribution < -0.4 is 21.3 Å². The number of benzene rings is 1. The van der Waals surface area contributed by atoms with E-state index in [0.29, 0.717) is 51.4 Å². The quantitative estimate of drug-likeness (QED) is 0.0130. The minimum Gasteiger partial charge on any atom is -0.462 e. The van der Waals surface area contributed by atoms with Gasteiger partial charge in [0.2, 0.25) is 11.8 Å². The summed E-state index contributed by atoms with van der Waals surface area (Å²) in [5, 5.41) is 32.2. The minimum absolute atomic E-state index is 0.129. The second kappa shape index (κ2) is 76.7. The fourth-order valence-electron chi connectivity index (χ4n) is 13.3. The normalized spacial score (nSPS) is 14.4. The lowest BCUT2D eigenvalue weighted by molar-refractivity contribution is -0.152. The van der Waals surface area contributed by atoms with E-state index < -0.39 is 102 Å². The third-order valence-corrected chi connectivity index (χ3v) is 22.3. The molecule has 4 amide bonds. The Kier molecular flexibility index (Phi) is 72.5. The van der Waals surface area contributed by atoms with E-state index in [0.717, 1.165) is 154 Å². The summed E-state index contributed by atoms with van der Waals surface area (Å²) in [4.78, 5) is 102. The topological polar surface area (TPSA) is 339 Å². The molecule has 26 heteroatoms. The van der Waals surface area contributed by atoms with E-state index in [1.807, 2.05) is 0 Å². The number of aliphatic hydroxyl groups excluding tert-OH is 2. The van der Waals surface area contributed by atoms with Gasteiger partial charge in [0.05, 0.1) is 76.8 Å². The van der Waals surface area contributed by atoms with E-state index >= 15 is 0 Å². The Morgan fingerprint density at radius 3 is 0.957 bits per heavy atom. The number of allylic oxidation sites excluding steroid dienone is 4. The third-order valence-electron chi connectivity index (χ3n) is 20.4. The number of nitrogens with one attached hydrogen (secondary N) is 4. The monoisotopic (exact) mass is 1680 g/mol. The molecule has 1 aromatic carbocycles. The Morgan fingerprint density at radius 1 is 0.353 bits per heavy atom. The summed E-state index contributed by atoms with van der Waals surface area (Å²) in [6, 6.07) is 3.68. The molecule has 116 heavy (non-hydrogen) atoms. The second-order valence-electron chi connectivity index (χ2n) is 31.5. The molecule has 0 heterocycles. The molecule has 4 unspecified atom stereocenters. The van der Waals surface area contributed by atoms with E-state index in [9.17, 15) is 57.9 Å². The summed E-state index contributed by atoms with van der Waals surface area (Å²) < 4.78 is 71.5. The van der Waals surface area contributed by atoms with Gasteiger partial charge < -0.3 is 60.2 Å². The van der Waals surface area contributed by atoms with Gasteiger partial charge in [-0.15, -0.1) is 0 Å². The van der Waals surface area contributed by atoms with Gasteiger partial charge in [-0.05, 0) is 127 Å². The van der Waals surface area contributed by atoms with Crippen molar-refractivity contribution in [3.05, 3.63) is 59.7 Å². The first-order chi connectivity index (χ1) is 56.2. The van der Waals surface area contributed by atoms with Crippen molar-refractivity contribution in [2.75, 3.05) is 65.9 Å². The number of amides is 4. The average molecular weight is 1680 g/mol. The number of aliphatic hydroxyl groups is 2. The number of hydrogen-bond acceptors (Lipinski definition) is 18. The highest BCUT2D eigenvalue weighted by Crippen LogP contribution is 2.44. The van der Waals surface area contributed by atoms with Crippen LogP contribution in [0.5, 0.6) is 0 Å². The van der Waals surface area contributed by atoms with Crippen molar-refractivity contribution in [1.29, 1.82) is 0 Å². The van der Waals surface area contributed by atoms with E-state index in [1.54, 1.807) is 0 Å². The molecule has 1 aromatic rings. The average Bonchev–Trinajstić information content (AvgIpc) is 0.867. The standard InChI is InChI=1S/C90H164N4O20P2/c1-7-13-19-25-29-33-37-43-49-55-83(113-87(99)57-51-45-39-35-31-27-21-15-9-3)71-85(97)93-79(73-107-67-63-81(95)53-47-41-23-17-11-5)75-111-115(103,104)109-69-65-91-89(101)77-59-61-78(62-60-77)90(102)92-66-70-110-116(105,106)112-76-80(74-108-68-64-82(96)54-48-42-24-18-12-6)94-86(98)72-84(56-50-44-38-34-30-26-20-14-8-2)114-88(100)58-52-46-40-36-32-28-22-16-10-4/h35-36,39-40,59-62,79-84,95-96H,7-34,37-38,41-58,63-76H2,1-6H3,(H,91,101)(H,92,102)(H,93,97)(H,94,98)(H,103,104)(H,105,106)/t79?,80?,81-,82-,83-,84-/m1/s1. The van der Waals surface area contributed by atoms with Crippen molar-refractivity contribution in [3.63, 3.8) is 0 Å². The van der Waals surface area contributed by atoms with E-state index in [4.69, 9.17) is 37.0 Å². The summed E-state index contributed by atoms with van der Waals surface area (Å²) >= 11 is 0. The smallest absolute Gasteiger partial charge is 0.462 e. The molecule has 0 radical (unpaired) electrons. The summed E-state index contributed by atoms with van der Waals surface area (Å²) in [6.07, 6.45) is 53.9. The number of ether oxygens (including phenoxy) is 4. The maximum absolute atomic E-state index is 13.8. The molecule has 674 valence electrons. The highest BCUT2D eigenvalue weighted by molar-refractivity contribution is 7.47. The lowest BCUT2D eigenvalue weighted by atomic mass is 10.0. The molecule has 0 fully saturated rings. The molecule has 0 saturated carbocycles. The molecular weight excluding hydrogens is 1520 g/mol. The van der Waals surface area contributed by atoms with Crippen LogP contribution in [0.3, 0.4) is 0 Å². The fourth-order valence-corrected chi connectivity index (χ4v) is 14.8. The second-order valence-corrected chi connectivity index (χ2v) is 34.5. The van der Waals surface area contributed by atoms with Crippen LogP contribution in [0.4, 0.5) is 0 Å². The van der Waals surface area contributed by atoms with E-state index in [-0.39, 0.29) is 88.3 Å². The molecule has 0 aliphatic rings. The van der Waals surface area contributed by atoms with Gasteiger partial charge in [-0.3, -0.25) is 46.9 Å². The Balaban J connectivity index is 3.01. The van der Waals surface area contributed by atoms with Gasteiger partial charge in [0, 0.05) is 50.3 Å². The van der Waals surface area contributed by atoms with Crippen LogP contribution in [-0.4, -0.2) is 158 Å². The van der Waals surface area contributed by atoms with Crippen LogP contribution in [0, 0.1) is 0 Å². The van der Waals surface area contributed by atoms with Crippen LogP contribution in [0.1, 0.15) is 396 Å². The Bertz CT molecular complexity index is 2550. The largest absolute Gasteiger partial charge is 0.472 e. The fraction of sp³-hybridized carbons (Fsp3) is 0.822. The molecule has 0 aliphatic carbocycles. The summed E-state index contributed by atoms with van der Waals surface area (Å²) in [5.41, 5.74) is 0.290. The molecule has 0 spiro atoms. The zero-order valence-electron chi connectivity index (χ0n) is 73.1. The molecule has 8 atom stereocenters. The minimum atomic E-state index is -4.79. The number of unbranched alkanes of at least 4 members (excludes halogenated alkanes) is 34. The number of rotatable bonds is 84. The zero-order chi connectivity index (χ0) is 85.1. The summed E-state index contributed by atoms with van der Waals surface area (Å²) in [7, 11) is -9.57. The third kappa shape index (κ3) is 68.3. The first-order valence-corrected chi connectivity index (χ1v) is 48.9. The molecule has 0 bridgehead atoms. The van der Waals surface area contributed by atoms with Gasteiger partial charge in [0.15, 0.2) is 0 Å². The molecule has 0 aliphatic heterocycles. The first kappa shape index (κ1) is 110. The Labute approximate surface area is 701 Å². The number of esters is 2. The number of hydrogen-bond donors (Lipinski definition) is 8. The predicted molar refractivity (Wildman–Crippen MR) is 464 cm³/mol. The molecule has 0 saturated heterocycles.